The summed E-state index contributed by atoms with van der Waals surface area (Å²) in [6.07, 6.45) is 0. The maximum Gasteiger partial charge on any atom is 0.251 e. The van der Waals surface area contributed by atoms with Gasteiger partial charge in [0.15, 0.2) is 7.05 Å². The second-order valence-electron chi connectivity index (χ2n) is 2.38. The van der Waals surface area contributed by atoms with Gasteiger partial charge in [-0.25, -0.2) is 0 Å². The molecule has 0 aliphatic carbocycles. The van der Waals surface area contributed by atoms with Crippen LogP contribution in [0.25, 0.3) is 0 Å². The van der Waals surface area contributed by atoms with Crippen LogP contribution in [0.4, 0.5) is 0 Å². The van der Waals surface area contributed by atoms with E-state index in [0.717, 1.165) is 7.05 Å². The van der Waals surface area contributed by atoms with Crippen molar-refractivity contribution in [3.05, 3.63) is 46.0 Å². The first-order valence-electron chi connectivity index (χ1n) is 3.93. The van der Waals surface area contributed by atoms with Crippen molar-refractivity contribution in [2.75, 3.05) is 14.1 Å². The molecule has 0 aliphatic rings. The van der Waals surface area contributed by atoms with Crippen molar-refractivity contribution < 1.29 is 9.72 Å². The van der Waals surface area contributed by atoms with Gasteiger partial charge in [0.25, 0.3) is 5.91 Å². The Hall–Kier alpha value is -1.91. The third-order valence-electron chi connectivity index (χ3n) is 1.26. The molecular formula is C9H12N2O3. The van der Waals surface area contributed by atoms with Crippen LogP contribution in [0.1, 0.15) is 10.4 Å². The number of carbonyl (C=O) groups excluding carboxylic acids is 1. The number of carbonyl (C=O) groups is 1. The molecule has 0 unspecified atom stereocenters. The highest BCUT2D eigenvalue weighted by Crippen LogP contribution is 1.96. The molecule has 0 aromatic heterocycles. The lowest BCUT2D eigenvalue weighted by Crippen LogP contribution is -2.17. The van der Waals surface area contributed by atoms with E-state index in [-0.39, 0.29) is 5.91 Å². The normalized spacial score (nSPS) is 8.14. The molecule has 1 amide bonds. The van der Waals surface area contributed by atoms with Gasteiger partial charge < -0.3 is 5.32 Å². The lowest BCUT2D eigenvalue weighted by atomic mass is 10.2. The van der Waals surface area contributed by atoms with Gasteiger partial charge in [-0.3, -0.25) is 14.9 Å². The van der Waals surface area contributed by atoms with E-state index in [1.54, 1.807) is 19.2 Å². The summed E-state index contributed by atoms with van der Waals surface area (Å²) in [5.74, 6) is -0.0411. The Kier molecular flexibility index (Phi) is 5.69. The summed E-state index contributed by atoms with van der Waals surface area (Å²) in [6, 6.07) is 9.11. The molecule has 0 heterocycles. The summed E-state index contributed by atoms with van der Waals surface area (Å²) in [7, 11) is 2.51. The summed E-state index contributed by atoms with van der Waals surface area (Å²) >= 11 is 0. The second kappa shape index (κ2) is 6.59. The van der Waals surface area contributed by atoms with Crippen molar-refractivity contribution in [2.24, 2.45) is 0 Å². The van der Waals surface area contributed by atoms with E-state index in [9.17, 15) is 4.79 Å². The molecule has 0 spiro atoms. The molecule has 1 rings (SSSR count). The summed E-state index contributed by atoms with van der Waals surface area (Å²) in [6.45, 7) is 0. The Bertz CT molecular complexity index is 294. The van der Waals surface area contributed by atoms with Gasteiger partial charge >= 0.3 is 0 Å². The Balaban J connectivity index is 0.000000364. The SMILES string of the molecule is CNC(=O)c1ccccc1.C[N+](=O)[O-]. The third kappa shape index (κ3) is 5.70. The fraction of sp³-hybridized carbons (Fsp3) is 0.222. The fourth-order valence-corrected chi connectivity index (χ4v) is 0.734. The Morgan fingerprint density at radius 1 is 1.36 bits per heavy atom. The van der Waals surface area contributed by atoms with Crippen LogP contribution in [0.5, 0.6) is 0 Å². The standard InChI is InChI=1S/C8H9NO.CH3NO2/c1-9-8(10)7-5-3-2-4-6-7;1-2(3)4/h2-6H,1H3,(H,9,10);1H3. The first-order valence-corrected chi connectivity index (χ1v) is 3.93. The first kappa shape index (κ1) is 12.1. The summed E-state index contributed by atoms with van der Waals surface area (Å²) in [5.41, 5.74) is 0.699. The molecule has 1 N–H and O–H groups in total. The van der Waals surface area contributed by atoms with Crippen molar-refractivity contribution in [1.82, 2.24) is 5.32 Å². The quantitative estimate of drug-likeness (QED) is 0.536. The van der Waals surface area contributed by atoms with E-state index < -0.39 is 4.92 Å². The molecule has 0 saturated carbocycles. The summed E-state index contributed by atoms with van der Waals surface area (Å²) in [4.78, 5) is 19.2. The largest absolute Gasteiger partial charge is 0.355 e. The first-order chi connectivity index (χ1) is 6.57. The van der Waals surface area contributed by atoms with Crippen LogP contribution in [0.15, 0.2) is 30.3 Å². The Morgan fingerprint density at radius 2 is 1.79 bits per heavy atom. The highest BCUT2D eigenvalue weighted by Gasteiger charge is 1.97. The van der Waals surface area contributed by atoms with Crippen LogP contribution in [-0.2, 0) is 0 Å². The number of amides is 1. The van der Waals surface area contributed by atoms with Crippen LogP contribution >= 0.6 is 0 Å². The maximum atomic E-state index is 10.9. The number of nitro groups is 1. The van der Waals surface area contributed by atoms with Crippen molar-refractivity contribution in [3.63, 3.8) is 0 Å². The molecule has 1 aromatic rings. The molecule has 0 atom stereocenters. The average Bonchev–Trinajstić information content (AvgIpc) is 2.17. The molecule has 0 bridgehead atoms. The number of nitrogens with zero attached hydrogens (tertiary/aromatic N) is 1. The van der Waals surface area contributed by atoms with Gasteiger partial charge in [-0.15, -0.1) is 0 Å². The van der Waals surface area contributed by atoms with Gasteiger partial charge in [0.1, 0.15) is 0 Å². The molecule has 0 fully saturated rings. The zero-order valence-corrected chi connectivity index (χ0v) is 8.06. The lowest BCUT2D eigenvalue weighted by molar-refractivity contribution is -0.445. The minimum atomic E-state index is -0.500. The number of rotatable bonds is 1. The molecule has 76 valence electrons. The van der Waals surface area contributed by atoms with E-state index in [1.165, 1.54) is 0 Å². The minimum absolute atomic E-state index is 0.0411. The Morgan fingerprint density at radius 3 is 2.14 bits per heavy atom. The third-order valence-corrected chi connectivity index (χ3v) is 1.26. The predicted molar refractivity (Wildman–Crippen MR) is 52.8 cm³/mol. The molecule has 0 radical (unpaired) electrons. The van der Waals surface area contributed by atoms with Gasteiger partial charge in [-0.1, -0.05) is 18.2 Å². The van der Waals surface area contributed by atoms with Gasteiger partial charge in [0.05, 0.1) is 0 Å². The van der Waals surface area contributed by atoms with Crippen LogP contribution in [-0.4, -0.2) is 24.9 Å². The predicted octanol–water partition coefficient (Wildman–Crippen LogP) is 0.939. The zero-order chi connectivity index (χ0) is 11.0. The van der Waals surface area contributed by atoms with Crippen molar-refractivity contribution in [1.29, 1.82) is 0 Å². The van der Waals surface area contributed by atoms with Gasteiger partial charge in [-0.2, -0.15) is 0 Å². The van der Waals surface area contributed by atoms with E-state index in [4.69, 9.17) is 10.1 Å². The van der Waals surface area contributed by atoms with Gasteiger partial charge in [-0.05, 0) is 12.1 Å². The van der Waals surface area contributed by atoms with Crippen LogP contribution in [0.3, 0.4) is 0 Å². The summed E-state index contributed by atoms with van der Waals surface area (Å²) < 4.78 is 0. The maximum absolute atomic E-state index is 10.9. The second-order valence-corrected chi connectivity index (χ2v) is 2.38. The van der Waals surface area contributed by atoms with Crippen molar-refractivity contribution in [2.45, 2.75) is 0 Å². The van der Waals surface area contributed by atoms with E-state index in [0.29, 0.717) is 5.56 Å². The highest BCUT2D eigenvalue weighted by atomic mass is 16.6. The molecular weight excluding hydrogens is 184 g/mol. The average molecular weight is 196 g/mol. The van der Waals surface area contributed by atoms with Gasteiger partial charge in [0, 0.05) is 17.5 Å². The number of benzene rings is 1. The summed E-state index contributed by atoms with van der Waals surface area (Å²) in [5, 5.41) is 11.3. The monoisotopic (exact) mass is 196 g/mol. The van der Waals surface area contributed by atoms with Crippen LogP contribution in [0.2, 0.25) is 0 Å². The Labute approximate surface area is 81.9 Å². The number of hydrogen-bond donors (Lipinski definition) is 1. The molecule has 1 aromatic carbocycles. The van der Waals surface area contributed by atoms with Crippen LogP contribution < -0.4 is 5.32 Å². The molecule has 5 nitrogen and oxygen atoms in total. The highest BCUT2D eigenvalue weighted by molar-refractivity contribution is 5.93. The van der Waals surface area contributed by atoms with Crippen LogP contribution in [0, 0.1) is 10.1 Å². The molecule has 5 heteroatoms. The zero-order valence-electron chi connectivity index (χ0n) is 8.06. The number of hydrogen-bond acceptors (Lipinski definition) is 3. The fourth-order valence-electron chi connectivity index (χ4n) is 0.734. The van der Waals surface area contributed by atoms with E-state index >= 15 is 0 Å². The topological polar surface area (TPSA) is 72.2 Å². The number of nitrogens with one attached hydrogen (secondary N) is 1. The van der Waals surface area contributed by atoms with Crippen molar-refractivity contribution in [3.8, 4) is 0 Å². The van der Waals surface area contributed by atoms with Crippen molar-refractivity contribution >= 4 is 5.91 Å². The minimum Gasteiger partial charge on any atom is -0.355 e. The van der Waals surface area contributed by atoms with Gasteiger partial charge in [0.2, 0.25) is 0 Å². The van der Waals surface area contributed by atoms with E-state index in [1.807, 2.05) is 18.2 Å². The molecule has 0 saturated heterocycles. The van der Waals surface area contributed by atoms with E-state index in [2.05, 4.69) is 5.32 Å². The molecule has 14 heavy (non-hydrogen) atoms. The smallest absolute Gasteiger partial charge is 0.251 e. The lowest BCUT2D eigenvalue weighted by Gasteiger charge is -1.96. The molecule has 0 aliphatic heterocycles.